The van der Waals surface area contributed by atoms with Crippen LogP contribution in [0.5, 0.6) is 0 Å². The lowest BCUT2D eigenvalue weighted by molar-refractivity contribution is -0.143. The van der Waals surface area contributed by atoms with E-state index in [4.69, 9.17) is 5.73 Å². The van der Waals surface area contributed by atoms with Crippen LogP contribution in [0.1, 0.15) is 46.6 Å². The second-order valence-corrected chi connectivity index (χ2v) is 8.47. The fourth-order valence-corrected chi connectivity index (χ4v) is 3.09. The molecule has 0 aromatic heterocycles. The van der Waals surface area contributed by atoms with Crippen molar-refractivity contribution in [3.8, 4) is 0 Å². The summed E-state index contributed by atoms with van der Waals surface area (Å²) in [7, 11) is 0. The Morgan fingerprint density at radius 2 is 1.44 bits per heavy atom. The van der Waals surface area contributed by atoms with Crippen molar-refractivity contribution in [1.82, 2.24) is 16.0 Å². The van der Waals surface area contributed by atoms with Gasteiger partial charge in [-0.15, -0.1) is 0 Å². The van der Waals surface area contributed by atoms with Gasteiger partial charge in [0.05, 0.1) is 6.04 Å². The van der Waals surface area contributed by atoms with E-state index in [0.29, 0.717) is 12.8 Å². The molecule has 9 nitrogen and oxygen atoms in total. The van der Waals surface area contributed by atoms with Gasteiger partial charge in [0, 0.05) is 0 Å². The van der Waals surface area contributed by atoms with Crippen molar-refractivity contribution in [3.63, 3.8) is 0 Å². The Morgan fingerprint density at radius 3 is 1.94 bits per heavy atom. The predicted molar refractivity (Wildman–Crippen MR) is 122 cm³/mol. The van der Waals surface area contributed by atoms with Crippen LogP contribution in [0.2, 0.25) is 0 Å². The maximum absolute atomic E-state index is 12.8. The van der Waals surface area contributed by atoms with Crippen LogP contribution in [0.25, 0.3) is 0 Å². The number of hydrogen-bond donors (Lipinski definition) is 5. The highest BCUT2D eigenvalue weighted by atomic mass is 16.4. The molecule has 0 saturated carbocycles. The minimum atomic E-state index is -1.13. The Bertz CT molecular complexity index is 784. The molecule has 6 N–H and O–H groups in total. The molecule has 0 aliphatic rings. The molecule has 5 atom stereocenters. The maximum atomic E-state index is 12.8. The molecule has 0 heterocycles. The molecule has 1 rings (SSSR count). The van der Waals surface area contributed by atoms with Crippen molar-refractivity contribution in [3.05, 3.63) is 35.9 Å². The fraction of sp³-hybridized carbons (Fsp3) is 0.565. The molecule has 0 bridgehead atoms. The molecule has 178 valence electrons. The van der Waals surface area contributed by atoms with Crippen LogP contribution in [-0.2, 0) is 25.6 Å². The standard InChI is InChI=1S/C23H36N4O5/c1-6-14(4)19(23(31)32)27-20(28)15(5)25-22(30)18(13(2)3)26-21(29)17(24)12-16-10-8-7-9-11-16/h7-11,13-15,17-19H,6,12,24H2,1-5H3,(H,25,30)(H,26,29)(H,27,28)(H,31,32). The van der Waals surface area contributed by atoms with E-state index in [2.05, 4.69) is 16.0 Å². The van der Waals surface area contributed by atoms with Crippen LogP contribution in [0, 0.1) is 11.8 Å². The number of amides is 3. The quantitative estimate of drug-likeness (QED) is 0.319. The molecule has 0 aliphatic heterocycles. The van der Waals surface area contributed by atoms with Gasteiger partial charge >= 0.3 is 5.97 Å². The Labute approximate surface area is 189 Å². The number of benzene rings is 1. The highest BCUT2D eigenvalue weighted by Crippen LogP contribution is 2.09. The Hall–Kier alpha value is -2.94. The number of rotatable bonds is 12. The van der Waals surface area contributed by atoms with Gasteiger partial charge < -0.3 is 26.8 Å². The molecule has 32 heavy (non-hydrogen) atoms. The largest absolute Gasteiger partial charge is 0.480 e. The lowest BCUT2D eigenvalue weighted by Crippen LogP contribution is -2.58. The second-order valence-electron chi connectivity index (χ2n) is 8.47. The average Bonchev–Trinajstić information content (AvgIpc) is 2.74. The molecular weight excluding hydrogens is 412 g/mol. The predicted octanol–water partition coefficient (Wildman–Crippen LogP) is 0.817. The van der Waals surface area contributed by atoms with E-state index in [1.54, 1.807) is 20.8 Å². The molecule has 1 aromatic rings. The van der Waals surface area contributed by atoms with E-state index in [1.807, 2.05) is 37.3 Å². The van der Waals surface area contributed by atoms with Crippen LogP contribution in [0.4, 0.5) is 0 Å². The minimum absolute atomic E-state index is 0.259. The van der Waals surface area contributed by atoms with Crippen LogP contribution >= 0.6 is 0 Å². The highest BCUT2D eigenvalue weighted by Gasteiger charge is 2.31. The number of hydrogen-bond acceptors (Lipinski definition) is 5. The van der Waals surface area contributed by atoms with Gasteiger partial charge in [0.2, 0.25) is 17.7 Å². The summed E-state index contributed by atoms with van der Waals surface area (Å²) < 4.78 is 0. The molecular formula is C23H36N4O5. The number of aliphatic carboxylic acids is 1. The lowest BCUT2D eigenvalue weighted by Gasteiger charge is -2.26. The number of carbonyl (C=O) groups is 4. The molecule has 3 amide bonds. The normalized spacial score (nSPS) is 15.7. The maximum Gasteiger partial charge on any atom is 0.326 e. The van der Waals surface area contributed by atoms with Crippen molar-refractivity contribution in [2.45, 2.75) is 71.6 Å². The first-order valence-electron chi connectivity index (χ1n) is 10.9. The van der Waals surface area contributed by atoms with E-state index in [1.165, 1.54) is 6.92 Å². The average molecular weight is 449 g/mol. The zero-order valence-electron chi connectivity index (χ0n) is 19.4. The first-order valence-corrected chi connectivity index (χ1v) is 10.9. The zero-order chi connectivity index (χ0) is 24.4. The molecule has 0 saturated heterocycles. The van der Waals surface area contributed by atoms with E-state index in [9.17, 15) is 24.3 Å². The Kier molecular flexibility index (Phi) is 10.8. The Morgan fingerprint density at radius 1 is 0.875 bits per heavy atom. The zero-order valence-corrected chi connectivity index (χ0v) is 19.4. The molecule has 0 radical (unpaired) electrons. The van der Waals surface area contributed by atoms with Crippen LogP contribution in [-0.4, -0.2) is 53.0 Å². The van der Waals surface area contributed by atoms with Crippen LogP contribution < -0.4 is 21.7 Å². The molecule has 0 aliphatic carbocycles. The van der Waals surface area contributed by atoms with E-state index in [-0.39, 0.29) is 11.8 Å². The number of nitrogens with one attached hydrogen (secondary N) is 3. The van der Waals surface area contributed by atoms with Crippen molar-refractivity contribution in [2.24, 2.45) is 17.6 Å². The van der Waals surface area contributed by atoms with E-state index < -0.39 is 47.9 Å². The van der Waals surface area contributed by atoms with Gasteiger partial charge in [0.1, 0.15) is 18.1 Å². The van der Waals surface area contributed by atoms with Gasteiger partial charge in [-0.05, 0) is 30.7 Å². The lowest BCUT2D eigenvalue weighted by atomic mass is 9.99. The number of carboxylic acids is 1. The first-order chi connectivity index (χ1) is 15.0. The molecule has 1 aromatic carbocycles. The van der Waals surface area contributed by atoms with E-state index >= 15 is 0 Å². The van der Waals surface area contributed by atoms with Crippen molar-refractivity contribution in [1.29, 1.82) is 0 Å². The summed E-state index contributed by atoms with van der Waals surface area (Å²) in [4.78, 5) is 49.2. The summed E-state index contributed by atoms with van der Waals surface area (Å²) in [5, 5.41) is 17.0. The third-order valence-corrected chi connectivity index (χ3v) is 5.41. The van der Waals surface area contributed by atoms with Gasteiger partial charge in [0.25, 0.3) is 0 Å². The van der Waals surface area contributed by atoms with Gasteiger partial charge in [-0.1, -0.05) is 64.4 Å². The summed E-state index contributed by atoms with van der Waals surface area (Å²) in [5.41, 5.74) is 6.91. The molecule has 5 unspecified atom stereocenters. The van der Waals surface area contributed by atoms with Crippen molar-refractivity contribution >= 4 is 23.7 Å². The third kappa shape index (κ3) is 8.30. The van der Waals surface area contributed by atoms with Crippen molar-refractivity contribution in [2.75, 3.05) is 0 Å². The van der Waals surface area contributed by atoms with E-state index in [0.717, 1.165) is 5.56 Å². The number of carbonyl (C=O) groups excluding carboxylic acids is 3. The molecule has 0 fully saturated rings. The molecule has 9 heteroatoms. The summed E-state index contributed by atoms with van der Waals surface area (Å²) in [5.74, 6) is -3.29. The van der Waals surface area contributed by atoms with Gasteiger partial charge in [-0.25, -0.2) is 4.79 Å². The SMILES string of the molecule is CCC(C)C(NC(=O)C(C)NC(=O)C(NC(=O)C(N)Cc1ccccc1)C(C)C)C(=O)O. The topological polar surface area (TPSA) is 151 Å². The first kappa shape index (κ1) is 27.1. The minimum Gasteiger partial charge on any atom is -0.480 e. The summed E-state index contributed by atoms with van der Waals surface area (Å²) in [6.45, 7) is 8.55. The smallest absolute Gasteiger partial charge is 0.326 e. The highest BCUT2D eigenvalue weighted by molar-refractivity contribution is 5.94. The molecule has 0 spiro atoms. The number of nitrogens with two attached hydrogens (primary N) is 1. The van der Waals surface area contributed by atoms with Crippen LogP contribution in [0.15, 0.2) is 30.3 Å². The summed E-state index contributed by atoms with van der Waals surface area (Å²) >= 11 is 0. The monoisotopic (exact) mass is 448 g/mol. The number of carboxylic acid groups (broad SMARTS) is 1. The fourth-order valence-electron chi connectivity index (χ4n) is 3.09. The Balaban J connectivity index is 2.74. The van der Waals surface area contributed by atoms with Gasteiger partial charge in [-0.2, -0.15) is 0 Å². The van der Waals surface area contributed by atoms with Gasteiger partial charge in [0.15, 0.2) is 0 Å². The van der Waals surface area contributed by atoms with Gasteiger partial charge in [-0.3, -0.25) is 14.4 Å². The summed E-state index contributed by atoms with van der Waals surface area (Å²) in [6, 6.07) is 5.54. The summed E-state index contributed by atoms with van der Waals surface area (Å²) in [6.07, 6.45) is 0.896. The van der Waals surface area contributed by atoms with Crippen LogP contribution in [0.3, 0.4) is 0 Å². The second kappa shape index (κ2) is 12.8. The third-order valence-electron chi connectivity index (χ3n) is 5.41. The van der Waals surface area contributed by atoms with Crippen molar-refractivity contribution < 1.29 is 24.3 Å².